The van der Waals surface area contributed by atoms with E-state index >= 15 is 0 Å². The van der Waals surface area contributed by atoms with Gasteiger partial charge in [-0.2, -0.15) is 0 Å². The molecule has 0 atom stereocenters. The molecule has 0 N–H and O–H groups in total. The lowest BCUT2D eigenvalue weighted by Crippen LogP contribution is -2.02. The summed E-state index contributed by atoms with van der Waals surface area (Å²) in [6.45, 7) is 0. The highest BCUT2D eigenvalue weighted by molar-refractivity contribution is 7.12. The number of nitrogens with zero attached hydrogens (tertiary/aromatic N) is 1. The van der Waals surface area contributed by atoms with Gasteiger partial charge in [-0.05, 0) is 29.1 Å². The van der Waals surface area contributed by atoms with Crippen LogP contribution in [0, 0.1) is 0 Å². The van der Waals surface area contributed by atoms with Crippen molar-refractivity contribution >= 4 is 17.1 Å². The Morgan fingerprint density at radius 2 is 2.12 bits per heavy atom. The Balaban J connectivity index is 2.15. The van der Waals surface area contributed by atoms with Crippen molar-refractivity contribution in [1.82, 2.24) is 4.98 Å². The fourth-order valence-electron chi connectivity index (χ4n) is 1.43. The molecule has 82 valence electrons. The van der Waals surface area contributed by atoms with Crippen LogP contribution in [0.4, 0.5) is 0 Å². The molecular formula is C12H11NO2S. The summed E-state index contributed by atoms with van der Waals surface area (Å²) in [6, 6.07) is 5.50. The number of aromatic nitrogens is 1. The molecule has 0 bridgehead atoms. The number of hydrogen-bond donors (Lipinski definition) is 0. The first-order valence-electron chi connectivity index (χ1n) is 4.85. The summed E-state index contributed by atoms with van der Waals surface area (Å²) < 4.78 is 5.12. The number of Topliss-reactive ketones (excluding diaryl/α,β-unsaturated/α-hetero) is 1. The molecule has 2 rings (SSSR count). The Morgan fingerprint density at radius 1 is 1.38 bits per heavy atom. The maximum atomic E-state index is 12.0. The van der Waals surface area contributed by atoms with Crippen LogP contribution in [0.5, 0.6) is 5.75 Å². The quantitative estimate of drug-likeness (QED) is 0.762. The Labute approximate surface area is 97.7 Å². The number of carbonyl (C=O) groups is 1. The first-order chi connectivity index (χ1) is 7.81. The summed E-state index contributed by atoms with van der Waals surface area (Å²) in [6.07, 6.45) is 3.77. The number of rotatable bonds is 4. The van der Waals surface area contributed by atoms with Crippen molar-refractivity contribution in [2.45, 2.75) is 6.42 Å². The summed E-state index contributed by atoms with van der Waals surface area (Å²) in [5.41, 5.74) is 0.968. The van der Waals surface area contributed by atoms with Crippen LogP contribution in [0.15, 0.2) is 36.0 Å². The Bertz CT molecular complexity index is 479. The zero-order valence-corrected chi connectivity index (χ0v) is 9.66. The van der Waals surface area contributed by atoms with Gasteiger partial charge in [-0.1, -0.05) is 0 Å². The molecule has 0 aliphatic heterocycles. The van der Waals surface area contributed by atoms with E-state index in [1.54, 1.807) is 19.5 Å². The van der Waals surface area contributed by atoms with Gasteiger partial charge in [0.25, 0.3) is 0 Å². The third-order valence-corrected chi connectivity index (χ3v) is 3.15. The first kappa shape index (κ1) is 10.8. The van der Waals surface area contributed by atoms with E-state index < -0.39 is 0 Å². The molecule has 16 heavy (non-hydrogen) atoms. The topological polar surface area (TPSA) is 39.2 Å². The fraction of sp³-hybridized carbons (Fsp3) is 0.167. The van der Waals surface area contributed by atoms with Gasteiger partial charge in [0.05, 0.1) is 7.11 Å². The lowest BCUT2D eigenvalue weighted by Gasteiger charge is -2.01. The maximum absolute atomic E-state index is 12.0. The maximum Gasteiger partial charge on any atom is 0.180 e. The minimum atomic E-state index is 0.0815. The number of ether oxygens (including phenoxy) is 1. The summed E-state index contributed by atoms with van der Waals surface area (Å²) in [4.78, 5) is 16.6. The van der Waals surface area contributed by atoms with E-state index in [-0.39, 0.29) is 5.78 Å². The average Bonchev–Trinajstić information content (AvgIpc) is 2.78. The third kappa shape index (κ3) is 2.28. The van der Waals surface area contributed by atoms with E-state index in [0.29, 0.717) is 17.0 Å². The largest absolute Gasteiger partial charge is 0.495 e. The monoisotopic (exact) mass is 233 g/mol. The van der Waals surface area contributed by atoms with E-state index in [1.807, 2.05) is 23.6 Å². The van der Waals surface area contributed by atoms with Gasteiger partial charge in [0.2, 0.25) is 0 Å². The fourth-order valence-corrected chi connectivity index (χ4v) is 2.23. The molecule has 0 aromatic carbocycles. The molecule has 0 aliphatic rings. The van der Waals surface area contributed by atoms with Crippen molar-refractivity contribution in [2.24, 2.45) is 0 Å². The second kappa shape index (κ2) is 4.90. The minimum absolute atomic E-state index is 0.0815. The molecular weight excluding hydrogens is 222 g/mol. The van der Waals surface area contributed by atoms with E-state index in [9.17, 15) is 4.79 Å². The standard InChI is InChI=1S/C12H11NO2S/c1-15-11-4-7-16-12(11)10(14)8-9-2-5-13-6-3-9/h2-7H,8H2,1H3. The van der Waals surface area contributed by atoms with Gasteiger partial charge in [-0.3, -0.25) is 9.78 Å². The van der Waals surface area contributed by atoms with E-state index in [4.69, 9.17) is 4.74 Å². The zero-order valence-electron chi connectivity index (χ0n) is 8.84. The Kier molecular flexibility index (Phi) is 3.31. The van der Waals surface area contributed by atoms with Crippen molar-refractivity contribution in [1.29, 1.82) is 0 Å². The molecule has 2 aromatic rings. The summed E-state index contributed by atoms with van der Waals surface area (Å²) >= 11 is 1.41. The minimum Gasteiger partial charge on any atom is -0.495 e. The SMILES string of the molecule is COc1ccsc1C(=O)Cc1ccncc1. The summed E-state index contributed by atoms with van der Waals surface area (Å²) in [5, 5.41) is 1.86. The predicted molar refractivity (Wildman–Crippen MR) is 63.1 cm³/mol. The predicted octanol–water partition coefficient (Wildman–Crippen LogP) is 2.58. The molecule has 2 heterocycles. The molecule has 0 saturated heterocycles. The van der Waals surface area contributed by atoms with Gasteiger partial charge in [0.1, 0.15) is 10.6 Å². The van der Waals surface area contributed by atoms with Crippen LogP contribution in [-0.2, 0) is 6.42 Å². The van der Waals surface area contributed by atoms with E-state index in [1.165, 1.54) is 11.3 Å². The highest BCUT2D eigenvalue weighted by Gasteiger charge is 2.13. The molecule has 0 aliphatic carbocycles. The molecule has 0 amide bonds. The molecule has 2 aromatic heterocycles. The molecule has 4 heteroatoms. The van der Waals surface area contributed by atoms with Gasteiger partial charge in [-0.15, -0.1) is 11.3 Å². The lowest BCUT2D eigenvalue weighted by atomic mass is 10.1. The van der Waals surface area contributed by atoms with Gasteiger partial charge in [-0.25, -0.2) is 0 Å². The van der Waals surface area contributed by atoms with Gasteiger partial charge < -0.3 is 4.74 Å². The van der Waals surface area contributed by atoms with Crippen LogP contribution in [0.2, 0.25) is 0 Å². The van der Waals surface area contributed by atoms with Crippen molar-refractivity contribution < 1.29 is 9.53 Å². The molecule has 3 nitrogen and oxygen atoms in total. The smallest absolute Gasteiger partial charge is 0.180 e. The van der Waals surface area contributed by atoms with Crippen molar-refractivity contribution in [3.05, 3.63) is 46.4 Å². The zero-order chi connectivity index (χ0) is 11.4. The Morgan fingerprint density at radius 3 is 2.81 bits per heavy atom. The normalized spacial score (nSPS) is 10.1. The second-order valence-corrected chi connectivity index (χ2v) is 4.19. The van der Waals surface area contributed by atoms with Crippen molar-refractivity contribution in [3.8, 4) is 5.75 Å². The van der Waals surface area contributed by atoms with Crippen LogP contribution < -0.4 is 4.74 Å². The van der Waals surface area contributed by atoms with Crippen LogP contribution in [0.1, 0.15) is 15.2 Å². The number of thiophene rings is 1. The summed E-state index contributed by atoms with van der Waals surface area (Å²) in [7, 11) is 1.57. The highest BCUT2D eigenvalue weighted by Crippen LogP contribution is 2.25. The van der Waals surface area contributed by atoms with Crippen LogP contribution in [0.3, 0.4) is 0 Å². The summed E-state index contributed by atoms with van der Waals surface area (Å²) in [5.74, 6) is 0.738. The van der Waals surface area contributed by atoms with Gasteiger partial charge in [0, 0.05) is 18.8 Å². The number of pyridine rings is 1. The van der Waals surface area contributed by atoms with Crippen molar-refractivity contribution in [3.63, 3.8) is 0 Å². The molecule has 0 unspecified atom stereocenters. The highest BCUT2D eigenvalue weighted by atomic mass is 32.1. The van der Waals surface area contributed by atoms with E-state index in [0.717, 1.165) is 5.56 Å². The van der Waals surface area contributed by atoms with Gasteiger partial charge >= 0.3 is 0 Å². The number of carbonyl (C=O) groups excluding carboxylic acids is 1. The lowest BCUT2D eigenvalue weighted by molar-refractivity contribution is 0.0994. The van der Waals surface area contributed by atoms with Crippen LogP contribution >= 0.6 is 11.3 Å². The second-order valence-electron chi connectivity index (χ2n) is 3.27. The average molecular weight is 233 g/mol. The molecule has 0 fully saturated rings. The van der Waals surface area contributed by atoms with Crippen molar-refractivity contribution in [2.75, 3.05) is 7.11 Å². The number of hydrogen-bond acceptors (Lipinski definition) is 4. The van der Waals surface area contributed by atoms with Gasteiger partial charge in [0.15, 0.2) is 5.78 Å². The third-order valence-electron chi connectivity index (χ3n) is 2.22. The van der Waals surface area contributed by atoms with E-state index in [2.05, 4.69) is 4.98 Å². The number of methoxy groups -OCH3 is 1. The number of ketones is 1. The molecule has 0 saturated carbocycles. The Hall–Kier alpha value is -1.68. The van der Waals surface area contributed by atoms with Crippen LogP contribution in [0.25, 0.3) is 0 Å². The van der Waals surface area contributed by atoms with Crippen LogP contribution in [-0.4, -0.2) is 17.9 Å². The molecule has 0 radical (unpaired) electrons. The molecule has 0 spiro atoms. The first-order valence-corrected chi connectivity index (χ1v) is 5.73.